The van der Waals surface area contributed by atoms with Gasteiger partial charge in [-0.05, 0) is 49.8 Å². The molecule has 6 atom stereocenters. The number of amides is 3. The number of aromatic nitrogens is 1. The van der Waals surface area contributed by atoms with Gasteiger partial charge in [-0.15, -0.1) is 11.3 Å². The molecule has 0 saturated carbocycles. The number of ether oxygens (including phenoxy) is 1. The van der Waals surface area contributed by atoms with Gasteiger partial charge in [0.2, 0.25) is 11.8 Å². The summed E-state index contributed by atoms with van der Waals surface area (Å²) in [6.45, 7) is 14.9. The molecule has 1 heterocycles. The highest BCUT2D eigenvalue weighted by atomic mass is 32.1. The first kappa shape index (κ1) is 43.9. The molecule has 2 aromatic rings. The number of aliphatic imine (C=N–C) groups is 2. The van der Waals surface area contributed by atoms with Crippen LogP contribution in [0.5, 0.6) is 0 Å². The molecule has 0 radical (unpaired) electrons. The van der Waals surface area contributed by atoms with E-state index in [1.54, 1.807) is 24.3 Å². The number of hydrogen-bond donors (Lipinski definition) is 2. The number of carbonyl (C=O) groups is 5. The van der Waals surface area contributed by atoms with Crippen LogP contribution in [0, 0.1) is 23.7 Å². The minimum atomic E-state index is -0.949. The Hall–Kier alpha value is -4.26. The molecule has 0 aliphatic carbocycles. The van der Waals surface area contributed by atoms with Crippen LogP contribution in [0.3, 0.4) is 0 Å². The van der Waals surface area contributed by atoms with E-state index in [1.165, 1.54) is 24.5 Å². The average Bonchev–Trinajstić information content (AvgIpc) is 3.60. The van der Waals surface area contributed by atoms with Crippen LogP contribution in [0.15, 0.2) is 45.7 Å². The van der Waals surface area contributed by atoms with Crippen LogP contribution < -0.4 is 5.32 Å². The molecule has 0 bridgehead atoms. The van der Waals surface area contributed by atoms with Crippen molar-refractivity contribution in [2.75, 3.05) is 13.6 Å². The van der Waals surface area contributed by atoms with Gasteiger partial charge in [0.15, 0.2) is 6.10 Å². The van der Waals surface area contributed by atoms with Gasteiger partial charge in [0.25, 0.3) is 5.91 Å². The van der Waals surface area contributed by atoms with Crippen molar-refractivity contribution >= 4 is 53.9 Å². The summed E-state index contributed by atoms with van der Waals surface area (Å²) in [5, 5.41) is 14.5. The molecule has 1 aromatic carbocycles. The topological polar surface area (TPSA) is 168 Å². The molecule has 0 fully saturated rings. The molecule has 0 saturated heterocycles. The quantitative estimate of drug-likeness (QED) is 0.0731. The fourth-order valence-electron chi connectivity index (χ4n) is 5.93. The lowest BCUT2D eigenvalue weighted by molar-refractivity contribution is -0.148. The predicted molar refractivity (Wildman–Crippen MR) is 205 cm³/mol. The third-order valence-electron chi connectivity index (χ3n) is 9.26. The number of carboxylic acids is 1. The lowest BCUT2D eigenvalue weighted by Gasteiger charge is -2.36. The summed E-state index contributed by atoms with van der Waals surface area (Å²) in [4.78, 5) is 78.1. The Morgan fingerprint density at radius 2 is 1.75 bits per heavy atom. The van der Waals surface area contributed by atoms with E-state index in [9.17, 15) is 29.1 Å². The van der Waals surface area contributed by atoms with Crippen LogP contribution in [0.4, 0.5) is 0 Å². The zero-order valence-electron chi connectivity index (χ0n) is 31.7. The van der Waals surface area contributed by atoms with Gasteiger partial charge in [0, 0.05) is 57.0 Å². The Balaban J connectivity index is 2.27. The number of esters is 1. The van der Waals surface area contributed by atoms with Gasteiger partial charge in [-0.1, -0.05) is 77.8 Å². The summed E-state index contributed by atoms with van der Waals surface area (Å²) >= 11 is 1.17. The van der Waals surface area contributed by atoms with E-state index in [0.717, 1.165) is 18.4 Å². The number of nitrogens with zero attached hydrogens (tertiary/aromatic N) is 4. The van der Waals surface area contributed by atoms with Crippen molar-refractivity contribution in [1.82, 2.24) is 15.2 Å². The Bertz CT molecular complexity index is 1490. The maximum absolute atomic E-state index is 14.0. The Morgan fingerprint density at radius 1 is 1.06 bits per heavy atom. The minimum absolute atomic E-state index is 0.0501. The highest BCUT2D eigenvalue weighted by molar-refractivity contribution is 7.09. The molecule has 0 aliphatic heterocycles. The zero-order valence-corrected chi connectivity index (χ0v) is 32.6. The molecule has 12 nitrogen and oxygen atoms in total. The monoisotopic (exact) mass is 739 g/mol. The van der Waals surface area contributed by atoms with Crippen LogP contribution in [0.1, 0.15) is 114 Å². The van der Waals surface area contributed by atoms with Crippen molar-refractivity contribution in [2.24, 2.45) is 33.7 Å². The van der Waals surface area contributed by atoms with Gasteiger partial charge in [-0.2, -0.15) is 0 Å². The lowest BCUT2D eigenvalue weighted by atomic mass is 9.89. The van der Waals surface area contributed by atoms with Crippen LogP contribution >= 0.6 is 11.3 Å². The van der Waals surface area contributed by atoms with Crippen molar-refractivity contribution in [2.45, 2.75) is 111 Å². The number of unbranched alkanes of at least 4 members (excludes halogenated alkanes) is 2. The summed E-state index contributed by atoms with van der Waals surface area (Å²) < 4.78 is 5.74. The minimum Gasteiger partial charge on any atom is -0.481 e. The first-order valence-electron chi connectivity index (χ1n) is 18.1. The molecule has 13 heteroatoms. The smallest absolute Gasteiger partial charge is 0.306 e. The van der Waals surface area contributed by atoms with Crippen molar-refractivity contribution < 1.29 is 33.8 Å². The number of benzene rings is 1. The number of nitrogens with one attached hydrogen (secondary N) is 1. The van der Waals surface area contributed by atoms with Gasteiger partial charge in [-0.3, -0.25) is 24.0 Å². The number of aliphatic carboxylic acids is 1. The molecule has 52 heavy (non-hydrogen) atoms. The Labute approximate surface area is 312 Å². The summed E-state index contributed by atoms with van der Waals surface area (Å²) in [6, 6.07) is 8.66. The standard InChI is InChI=1S/C39H57N5O7S/c1-9-26(4)31(23-41-35(46)18-14-11-15-19-40-7)38(48)44(8)33(25(2)3)22-34(51-28(6)45)37-43-32(24-52-37)36(47)42-30(20-27(5)39(49)50)21-29-16-12-10-13-17-29/h10,12-13,16-17,23-27,30-31,33-34H,7,9,11,14-15,18-22H2,1-6,8H3,(H,42,47)(H,49,50)/b41-23+/t26-,27-,30+,31?,33+,34+/m0/s1. The highest BCUT2D eigenvalue weighted by Gasteiger charge is 2.34. The second kappa shape index (κ2) is 22.6. The van der Waals surface area contributed by atoms with E-state index in [0.29, 0.717) is 37.2 Å². The van der Waals surface area contributed by atoms with E-state index in [-0.39, 0.29) is 48.2 Å². The largest absolute Gasteiger partial charge is 0.481 e. The van der Waals surface area contributed by atoms with E-state index in [2.05, 4.69) is 27.0 Å². The molecule has 1 aromatic heterocycles. The second-order valence-electron chi connectivity index (χ2n) is 13.8. The van der Waals surface area contributed by atoms with Crippen molar-refractivity contribution in [1.29, 1.82) is 0 Å². The zero-order chi connectivity index (χ0) is 38.8. The molecule has 0 aliphatic rings. The SMILES string of the molecule is C=NCCCCCC(=O)/N=C/C(C(=O)N(C)[C@H](C[C@@H](OC(C)=O)c1nc(C(=O)N[C@@H](Cc2ccccc2)C[C@H](C)C(=O)O)cs1)C(C)C)[C@@H](C)CC. The van der Waals surface area contributed by atoms with Crippen molar-refractivity contribution in [3.8, 4) is 0 Å². The summed E-state index contributed by atoms with van der Waals surface area (Å²) in [5.41, 5.74) is 1.08. The van der Waals surface area contributed by atoms with Gasteiger partial charge in [-0.25, -0.2) is 9.98 Å². The van der Waals surface area contributed by atoms with Crippen molar-refractivity contribution in [3.05, 3.63) is 52.0 Å². The highest BCUT2D eigenvalue weighted by Crippen LogP contribution is 2.31. The lowest BCUT2D eigenvalue weighted by Crippen LogP contribution is -2.46. The summed E-state index contributed by atoms with van der Waals surface area (Å²) in [7, 11) is 1.71. The molecule has 286 valence electrons. The number of rotatable bonds is 23. The third kappa shape index (κ3) is 14.8. The van der Waals surface area contributed by atoms with Crippen molar-refractivity contribution in [3.63, 3.8) is 0 Å². The van der Waals surface area contributed by atoms with Crippen LogP contribution in [-0.4, -0.2) is 83.3 Å². The summed E-state index contributed by atoms with van der Waals surface area (Å²) in [5.74, 6) is -3.83. The fourth-order valence-corrected chi connectivity index (χ4v) is 6.77. The number of carboxylic acid groups (broad SMARTS) is 1. The molecule has 2 rings (SSSR count). The molecule has 0 spiro atoms. The first-order valence-corrected chi connectivity index (χ1v) is 19.0. The fraction of sp³-hybridized carbons (Fsp3) is 0.590. The van der Waals surface area contributed by atoms with E-state index in [4.69, 9.17) is 4.74 Å². The Kier molecular flexibility index (Phi) is 19.1. The average molecular weight is 740 g/mol. The summed E-state index contributed by atoms with van der Waals surface area (Å²) in [6.07, 6.45) is 4.94. The number of carbonyl (C=O) groups excluding carboxylic acids is 4. The molecule has 3 amide bonds. The molecular formula is C39H57N5O7S. The van der Waals surface area contributed by atoms with Gasteiger partial charge >= 0.3 is 11.9 Å². The maximum atomic E-state index is 14.0. The van der Waals surface area contributed by atoms with Crippen LogP contribution in [0.25, 0.3) is 0 Å². The molecule has 1 unspecified atom stereocenters. The molecular weight excluding hydrogens is 683 g/mol. The Morgan fingerprint density at radius 3 is 2.35 bits per heavy atom. The predicted octanol–water partition coefficient (Wildman–Crippen LogP) is 6.59. The normalized spacial score (nSPS) is 14.9. The molecule has 2 N–H and O–H groups in total. The van der Waals surface area contributed by atoms with Gasteiger partial charge in [0.1, 0.15) is 10.7 Å². The van der Waals surface area contributed by atoms with Gasteiger partial charge < -0.3 is 25.1 Å². The number of thiazole rings is 1. The van der Waals surface area contributed by atoms with E-state index >= 15 is 0 Å². The second-order valence-corrected chi connectivity index (χ2v) is 14.7. The first-order chi connectivity index (χ1) is 24.7. The van der Waals surface area contributed by atoms with Crippen LogP contribution in [0.2, 0.25) is 0 Å². The third-order valence-corrected chi connectivity index (χ3v) is 10.2. The van der Waals surface area contributed by atoms with Crippen LogP contribution in [-0.2, 0) is 30.3 Å². The number of hydrogen-bond acceptors (Lipinski definition) is 9. The van der Waals surface area contributed by atoms with E-state index in [1.807, 2.05) is 58.0 Å². The van der Waals surface area contributed by atoms with Gasteiger partial charge in [0.05, 0.1) is 11.8 Å². The van der Waals surface area contributed by atoms with E-state index < -0.39 is 41.8 Å². The maximum Gasteiger partial charge on any atom is 0.306 e.